The average Bonchev–Trinajstić information content (AvgIpc) is 2.93. The summed E-state index contributed by atoms with van der Waals surface area (Å²) < 4.78 is 6.36. The smallest absolute Gasteiger partial charge is 0.374 e. The number of nitrogens with zero attached hydrogens (tertiary/aromatic N) is 3. The zero-order chi connectivity index (χ0) is 14.8. The fourth-order valence-electron chi connectivity index (χ4n) is 1.97. The molecule has 0 saturated carbocycles. The van der Waals surface area contributed by atoms with Gasteiger partial charge in [0.15, 0.2) is 5.65 Å². The van der Waals surface area contributed by atoms with Crippen LogP contribution < -0.4 is 5.56 Å². The molecule has 21 heavy (non-hydrogen) atoms. The van der Waals surface area contributed by atoms with Gasteiger partial charge in [-0.15, -0.1) is 0 Å². The van der Waals surface area contributed by atoms with Crippen molar-refractivity contribution in [2.45, 2.75) is 6.92 Å². The number of fused-ring (bicyclic) bond motifs is 1. The van der Waals surface area contributed by atoms with E-state index < -0.39 is 11.5 Å². The van der Waals surface area contributed by atoms with Gasteiger partial charge in [0, 0.05) is 0 Å². The summed E-state index contributed by atoms with van der Waals surface area (Å²) in [6, 6.07) is 9.24. The van der Waals surface area contributed by atoms with Gasteiger partial charge in [-0.1, -0.05) is 18.2 Å². The first kappa shape index (κ1) is 13.0. The molecule has 0 bridgehead atoms. The normalized spacial score (nSPS) is 10.7. The summed E-state index contributed by atoms with van der Waals surface area (Å²) >= 11 is 0. The van der Waals surface area contributed by atoms with Crippen molar-refractivity contribution in [3.63, 3.8) is 0 Å². The molecule has 2 heterocycles. The molecule has 2 aromatic heterocycles. The summed E-state index contributed by atoms with van der Waals surface area (Å²) in [6.45, 7) is 1.89. The second-order valence-electron chi connectivity index (χ2n) is 4.26. The lowest BCUT2D eigenvalue weighted by Crippen LogP contribution is -2.18. The number of hydrogen-bond donors (Lipinski definition) is 1. The summed E-state index contributed by atoms with van der Waals surface area (Å²) in [5.41, 5.74) is 0.638. The zero-order valence-electron chi connectivity index (χ0n) is 11.2. The molecular weight excluding hydrogens is 272 g/mol. The standard InChI is InChI=1S/C14H12N4O3/c1-2-21-14(20)11-16-12-10(13(19)17-11)8-15-18(12)9-6-4-3-5-7-9/h3-8H,2H2,1H3,(H,16,17,19). The molecule has 0 aliphatic heterocycles. The minimum absolute atomic E-state index is 0.132. The molecule has 3 aromatic rings. The molecule has 106 valence electrons. The molecule has 3 rings (SSSR count). The number of aromatic amines is 1. The first-order valence-corrected chi connectivity index (χ1v) is 6.41. The van der Waals surface area contributed by atoms with Crippen LogP contribution in [0.3, 0.4) is 0 Å². The molecule has 1 N–H and O–H groups in total. The SMILES string of the molecule is CCOC(=O)c1nc2c(cnn2-c2ccccc2)c(=O)[nH]1. The van der Waals surface area contributed by atoms with Gasteiger partial charge in [0.2, 0.25) is 5.82 Å². The summed E-state index contributed by atoms with van der Waals surface area (Å²) in [7, 11) is 0. The maximum atomic E-state index is 12.0. The number of H-pyrrole nitrogens is 1. The topological polar surface area (TPSA) is 89.9 Å². The number of benzene rings is 1. The van der Waals surface area contributed by atoms with Crippen LogP contribution in [0.4, 0.5) is 0 Å². The van der Waals surface area contributed by atoms with E-state index >= 15 is 0 Å². The van der Waals surface area contributed by atoms with E-state index in [0.29, 0.717) is 11.0 Å². The van der Waals surface area contributed by atoms with Crippen molar-refractivity contribution in [1.82, 2.24) is 19.7 Å². The van der Waals surface area contributed by atoms with Crippen molar-refractivity contribution in [3.05, 3.63) is 52.7 Å². The molecule has 0 saturated heterocycles. The van der Waals surface area contributed by atoms with Gasteiger partial charge < -0.3 is 9.72 Å². The van der Waals surface area contributed by atoms with E-state index in [1.54, 1.807) is 6.92 Å². The van der Waals surface area contributed by atoms with Crippen molar-refractivity contribution < 1.29 is 9.53 Å². The fourth-order valence-corrected chi connectivity index (χ4v) is 1.97. The van der Waals surface area contributed by atoms with Gasteiger partial charge >= 0.3 is 5.97 Å². The predicted octanol–water partition coefficient (Wildman–Crippen LogP) is 1.29. The summed E-state index contributed by atoms with van der Waals surface area (Å²) in [5.74, 6) is -0.802. The minimum atomic E-state index is -0.669. The Hall–Kier alpha value is -2.96. The number of esters is 1. The first-order valence-electron chi connectivity index (χ1n) is 6.41. The highest BCUT2D eigenvalue weighted by atomic mass is 16.5. The number of nitrogens with one attached hydrogen (secondary N) is 1. The van der Waals surface area contributed by atoms with Crippen LogP contribution in [-0.4, -0.2) is 32.3 Å². The van der Waals surface area contributed by atoms with Gasteiger partial charge in [-0.25, -0.2) is 14.5 Å². The summed E-state index contributed by atoms with van der Waals surface area (Å²) in [4.78, 5) is 30.3. The average molecular weight is 284 g/mol. The van der Waals surface area contributed by atoms with Gasteiger partial charge in [-0.2, -0.15) is 5.10 Å². The van der Waals surface area contributed by atoms with Crippen LogP contribution >= 0.6 is 0 Å². The quantitative estimate of drug-likeness (QED) is 0.732. The number of para-hydroxylation sites is 1. The Morgan fingerprint density at radius 3 is 2.81 bits per heavy atom. The Morgan fingerprint density at radius 2 is 2.10 bits per heavy atom. The Labute approximate surface area is 119 Å². The minimum Gasteiger partial charge on any atom is -0.460 e. The van der Waals surface area contributed by atoms with Crippen LogP contribution in [-0.2, 0) is 4.74 Å². The van der Waals surface area contributed by atoms with E-state index in [0.717, 1.165) is 5.69 Å². The van der Waals surface area contributed by atoms with Crippen molar-refractivity contribution >= 4 is 17.0 Å². The van der Waals surface area contributed by atoms with E-state index in [1.165, 1.54) is 10.9 Å². The van der Waals surface area contributed by atoms with Gasteiger partial charge in [0.05, 0.1) is 18.5 Å². The second kappa shape index (κ2) is 5.20. The second-order valence-corrected chi connectivity index (χ2v) is 4.26. The van der Waals surface area contributed by atoms with Crippen LogP contribution in [0.5, 0.6) is 0 Å². The van der Waals surface area contributed by atoms with E-state index in [1.807, 2.05) is 30.3 Å². The third-order valence-electron chi connectivity index (χ3n) is 2.91. The molecular formula is C14H12N4O3. The molecule has 0 aliphatic carbocycles. The van der Waals surface area contributed by atoms with Gasteiger partial charge in [-0.05, 0) is 19.1 Å². The van der Waals surface area contributed by atoms with Crippen LogP contribution in [0.15, 0.2) is 41.3 Å². The van der Waals surface area contributed by atoms with Crippen molar-refractivity contribution in [3.8, 4) is 5.69 Å². The monoisotopic (exact) mass is 284 g/mol. The number of hydrogen-bond acceptors (Lipinski definition) is 5. The first-order chi connectivity index (χ1) is 10.2. The molecule has 0 spiro atoms. The van der Waals surface area contributed by atoms with E-state index in [2.05, 4.69) is 15.1 Å². The molecule has 0 aliphatic rings. The molecule has 0 radical (unpaired) electrons. The highest BCUT2D eigenvalue weighted by molar-refractivity contribution is 5.87. The Morgan fingerprint density at radius 1 is 1.33 bits per heavy atom. The maximum absolute atomic E-state index is 12.0. The lowest BCUT2D eigenvalue weighted by Gasteiger charge is -2.04. The lowest BCUT2D eigenvalue weighted by molar-refractivity contribution is 0.0512. The van der Waals surface area contributed by atoms with Crippen molar-refractivity contribution in [2.24, 2.45) is 0 Å². The van der Waals surface area contributed by atoms with E-state index in [9.17, 15) is 9.59 Å². The van der Waals surface area contributed by atoms with E-state index in [4.69, 9.17) is 4.74 Å². The molecule has 0 amide bonds. The summed E-state index contributed by atoms with van der Waals surface area (Å²) in [6.07, 6.45) is 1.42. The van der Waals surface area contributed by atoms with Crippen molar-refractivity contribution in [1.29, 1.82) is 0 Å². The number of aromatic nitrogens is 4. The third kappa shape index (κ3) is 2.29. The molecule has 1 aromatic carbocycles. The number of rotatable bonds is 3. The number of carbonyl (C=O) groups excluding carboxylic acids is 1. The van der Waals surface area contributed by atoms with Crippen LogP contribution in [0.2, 0.25) is 0 Å². The fraction of sp³-hybridized carbons (Fsp3) is 0.143. The Bertz CT molecular complexity index is 852. The van der Waals surface area contributed by atoms with Crippen LogP contribution in [0.25, 0.3) is 16.7 Å². The largest absolute Gasteiger partial charge is 0.460 e. The van der Waals surface area contributed by atoms with Crippen LogP contribution in [0.1, 0.15) is 17.5 Å². The van der Waals surface area contributed by atoms with E-state index in [-0.39, 0.29) is 12.4 Å². The molecule has 7 nitrogen and oxygen atoms in total. The molecule has 0 atom stereocenters. The lowest BCUT2D eigenvalue weighted by atomic mass is 10.3. The van der Waals surface area contributed by atoms with Gasteiger partial charge in [0.1, 0.15) is 5.39 Å². The van der Waals surface area contributed by atoms with Crippen LogP contribution in [0, 0.1) is 0 Å². The highest BCUT2D eigenvalue weighted by Gasteiger charge is 2.16. The highest BCUT2D eigenvalue weighted by Crippen LogP contribution is 2.13. The van der Waals surface area contributed by atoms with Crippen molar-refractivity contribution in [2.75, 3.05) is 6.61 Å². The molecule has 0 unspecified atom stereocenters. The Balaban J connectivity index is 2.20. The maximum Gasteiger partial charge on any atom is 0.374 e. The molecule has 0 fully saturated rings. The summed E-state index contributed by atoms with van der Waals surface area (Å²) in [5, 5.41) is 4.47. The predicted molar refractivity (Wildman–Crippen MR) is 75.4 cm³/mol. The van der Waals surface area contributed by atoms with Gasteiger partial charge in [0.25, 0.3) is 5.56 Å². The third-order valence-corrected chi connectivity index (χ3v) is 2.91. The number of carbonyl (C=O) groups is 1. The molecule has 7 heteroatoms. The Kier molecular flexibility index (Phi) is 3.23. The van der Waals surface area contributed by atoms with Gasteiger partial charge in [-0.3, -0.25) is 4.79 Å². The zero-order valence-corrected chi connectivity index (χ0v) is 11.2. The number of ether oxygens (including phenoxy) is 1.